The molecule has 4 nitrogen and oxygen atoms in total. The molecule has 0 bridgehead atoms. The summed E-state index contributed by atoms with van der Waals surface area (Å²) >= 11 is 1.44. The highest BCUT2D eigenvalue weighted by Crippen LogP contribution is 2.17. The van der Waals surface area contributed by atoms with Gasteiger partial charge in [-0.25, -0.2) is 9.97 Å². The molecule has 76 valence electrons. The monoisotopic (exact) mass is 212 g/mol. The highest BCUT2D eigenvalue weighted by molar-refractivity contribution is 7.99. The van der Waals surface area contributed by atoms with Gasteiger partial charge in [-0.2, -0.15) is 0 Å². The number of hydrogen-bond donors (Lipinski definition) is 1. The highest BCUT2D eigenvalue weighted by atomic mass is 32.2. The van der Waals surface area contributed by atoms with E-state index in [0.717, 1.165) is 5.03 Å². The number of aryl methyl sites for hydroxylation is 1. The molecule has 1 aromatic heterocycles. The highest BCUT2D eigenvalue weighted by Gasteiger charge is 2.11. The number of carboxylic acids is 1. The van der Waals surface area contributed by atoms with Crippen LogP contribution in [-0.2, 0) is 4.79 Å². The van der Waals surface area contributed by atoms with E-state index in [0.29, 0.717) is 11.6 Å². The number of carbonyl (C=O) groups is 1. The molecule has 0 aliphatic carbocycles. The molecule has 0 aliphatic rings. The molecule has 0 fully saturated rings. The van der Waals surface area contributed by atoms with E-state index in [1.807, 2.05) is 6.92 Å². The molecule has 0 aliphatic heterocycles. The molecule has 1 unspecified atom stereocenters. The third-order valence-electron chi connectivity index (χ3n) is 1.65. The van der Waals surface area contributed by atoms with Crippen molar-refractivity contribution in [3.05, 3.63) is 18.1 Å². The summed E-state index contributed by atoms with van der Waals surface area (Å²) < 4.78 is 0. The summed E-state index contributed by atoms with van der Waals surface area (Å²) in [6.07, 6.45) is 1.68. The fourth-order valence-electron chi connectivity index (χ4n) is 0.797. The first kappa shape index (κ1) is 11.0. The minimum absolute atomic E-state index is 0.352. The molecule has 1 aromatic rings. The Bertz CT molecular complexity index is 330. The lowest BCUT2D eigenvalue weighted by atomic mass is 10.2. The van der Waals surface area contributed by atoms with Gasteiger partial charge in [0.2, 0.25) is 0 Å². The van der Waals surface area contributed by atoms with Crippen LogP contribution in [-0.4, -0.2) is 26.8 Å². The van der Waals surface area contributed by atoms with Crippen LogP contribution in [0.4, 0.5) is 0 Å². The van der Waals surface area contributed by atoms with E-state index in [4.69, 9.17) is 5.11 Å². The molecule has 5 heteroatoms. The Kier molecular flexibility index (Phi) is 3.88. The van der Waals surface area contributed by atoms with Gasteiger partial charge in [-0.1, -0.05) is 6.92 Å². The second kappa shape index (κ2) is 4.95. The molecule has 14 heavy (non-hydrogen) atoms. The van der Waals surface area contributed by atoms with Crippen molar-refractivity contribution in [3.63, 3.8) is 0 Å². The van der Waals surface area contributed by atoms with Crippen molar-refractivity contribution in [2.75, 3.05) is 5.75 Å². The maximum absolute atomic E-state index is 10.5. The van der Waals surface area contributed by atoms with Crippen LogP contribution in [0.5, 0.6) is 0 Å². The zero-order valence-electron chi connectivity index (χ0n) is 8.10. The average molecular weight is 212 g/mol. The van der Waals surface area contributed by atoms with Crippen molar-refractivity contribution < 1.29 is 9.90 Å². The third-order valence-corrected chi connectivity index (χ3v) is 2.84. The van der Waals surface area contributed by atoms with Gasteiger partial charge < -0.3 is 5.11 Å². The quantitative estimate of drug-likeness (QED) is 0.606. The summed E-state index contributed by atoms with van der Waals surface area (Å²) in [6, 6.07) is 1.78. The maximum Gasteiger partial charge on any atom is 0.307 e. The van der Waals surface area contributed by atoms with Gasteiger partial charge in [0.1, 0.15) is 5.82 Å². The van der Waals surface area contributed by atoms with Crippen molar-refractivity contribution in [1.29, 1.82) is 0 Å². The first-order valence-electron chi connectivity index (χ1n) is 4.25. The van der Waals surface area contributed by atoms with Crippen LogP contribution < -0.4 is 0 Å². The van der Waals surface area contributed by atoms with Gasteiger partial charge in [0.15, 0.2) is 0 Å². The smallest absolute Gasteiger partial charge is 0.307 e. The van der Waals surface area contributed by atoms with Crippen LogP contribution in [0.25, 0.3) is 0 Å². The number of rotatable bonds is 4. The summed E-state index contributed by atoms with van der Waals surface area (Å²) in [6.45, 7) is 3.49. The van der Waals surface area contributed by atoms with Gasteiger partial charge in [-0.15, -0.1) is 11.8 Å². The van der Waals surface area contributed by atoms with Gasteiger partial charge in [0.05, 0.1) is 10.9 Å². The van der Waals surface area contributed by atoms with Gasteiger partial charge in [-0.05, 0) is 13.0 Å². The normalized spacial score (nSPS) is 12.4. The predicted molar refractivity (Wildman–Crippen MR) is 54.3 cm³/mol. The largest absolute Gasteiger partial charge is 0.481 e. The van der Waals surface area contributed by atoms with E-state index in [1.165, 1.54) is 11.8 Å². The standard InChI is InChI=1S/C9H12N2O2S/c1-6(9(12)13)5-14-8-3-4-10-7(2)11-8/h3-4,6H,5H2,1-2H3,(H,12,13). The number of hydrogen-bond acceptors (Lipinski definition) is 4. The number of carboxylic acid groups (broad SMARTS) is 1. The predicted octanol–water partition coefficient (Wildman–Crippen LogP) is 1.60. The SMILES string of the molecule is Cc1nccc(SCC(C)C(=O)O)n1. The lowest BCUT2D eigenvalue weighted by Gasteiger charge is -2.04. The molecular formula is C9H12N2O2S. The summed E-state index contributed by atoms with van der Waals surface area (Å²) in [4.78, 5) is 18.7. The zero-order valence-corrected chi connectivity index (χ0v) is 8.91. The average Bonchev–Trinajstić information content (AvgIpc) is 2.14. The van der Waals surface area contributed by atoms with Crippen LogP contribution in [0.3, 0.4) is 0 Å². The first-order chi connectivity index (χ1) is 6.59. The molecule has 1 rings (SSSR count). The molecule has 0 saturated carbocycles. The Morgan fingerprint density at radius 2 is 2.43 bits per heavy atom. The lowest BCUT2D eigenvalue weighted by molar-refractivity contribution is -0.140. The minimum Gasteiger partial charge on any atom is -0.481 e. The zero-order chi connectivity index (χ0) is 10.6. The molecule has 1 atom stereocenters. The molecular weight excluding hydrogens is 200 g/mol. The number of thioether (sulfide) groups is 1. The van der Waals surface area contributed by atoms with Gasteiger partial charge >= 0.3 is 5.97 Å². The Morgan fingerprint density at radius 3 is 3.00 bits per heavy atom. The van der Waals surface area contributed by atoms with Gasteiger partial charge in [0, 0.05) is 11.9 Å². The fourth-order valence-corrected chi connectivity index (χ4v) is 1.71. The Morgan fingerprint density at radius 1 is 1.71 bits per heavy atom. The minimum atomic E-state index is -0.775. The number of nitrogens with zero attached hydrogens (tertiary/aromatic N) is 2. The van der Waals surface area contributed by atoms with E-state index in [9.17, 15) is 4.79 Å². The van der Waals surface area contributed by atoms with Crippen molar-refractivity contribution in [2.24, 2.45) is 5.92 Å². The van der Waals surface area contributed by atoms with Gasteiger partial charge in [0.25, 0.3) is 0 Å². The molecule has 1 N–H and O–H groups in total. The molecule has 1 heterocycles. The molecule has 0 radical (unpaired) electrons. The molecule has 0 amide bonds. The summed E-state index contributed by atoms with van der Waals surface area (Å²) in [5, 5.41) is 9.49. The van der Waals surface area contributed by atoms with E-state index in [-0.39, 0.29) is 5.92 Å². The van der Waals surface area contributed by atoms with Crippen LogP contribution in [0, 0.1) is 12.8 Å². The Labute approximate surface area is 86.8 Å². The second-order valence-electron chi connectivity index (χ2n) is 2.99. The third kappa shape index (κ3) is 3.33. The maximum atomic E-state index is 10.5. The van der Waals surface area contributed by atoms with Crippen molar-refractivity contribution in [3.8, 4) is 0 Å². The number of aromatic nitrogens is 2. The summed E-state index contributed by atoms with van der Waals surface area (Å²) in [5.41, 5.74) is 0. The van der Waals surface area contributed by atoms with Crippen LogP contribution >= 0.6 is 11.8 Å². The lowest BCUT2D eigenvalue weighted by Crippen LogP contribution is -2.11. The second-order valence-corrected chi connectivity index (χ2v) is 4.03. The fraction of sp³-hybridized carbons (Fsp3) is 0.444. The van der Waals surface area contributed by atoms with E-state index in [1.54, 1.807) is 19.2 Å². The van der Waals surface area contributed by atoms with E-state index >= 15 is 0 Å². The van der Waals surface area contributed by atoms with Crippen LogP contribution in [0.1, 0.15) is 12.7 Å². The first-order valence-corrected chi connectivity index (χ1v) is 5.23. The molecule has 0 spiro atoms. The Hall–Kier alpha value is -1.10. The van der Waals surface area contributed by atoms with E-state index in [2.05, 4.69) is 9.97 Å². The summed E-state index contributed by atoms with van der Waals surface area (Å²) in [7, 11) is 0. The molecule has 0 saturated heterocycles. The summed E-state index contributed by atoms with van der Waals surface area (Å²) in [5.74, 6) is 0.114. The van der Waals surface area contributed by atoms with Crippen molar-refractivity contribution in [1.82, 2.24) is 9.97 Å². The van der Waals surface area contributed by atoms with Gasteiger partial charge in [-0.3, -0.25) is 4.79 Å². The topological polar surface area (TPSA) is 63.1 Å². The van der Waals surface area contributed by atoms with E-state index < -0.39 is 5.97 Å². The van der Waals surface area contributed by atoms with Crippen molar-refractivity contribution in [2.45, 2.75) is 18.9 Å². The van der Waals surface area contributed by atoms with Crippen LogP contribution in [0.2, 0.25) is 0 Å². The molecule has 0 aromatic carbocycles. The number of aliphatic carboxylic acids is 1. The van der Waals surface area contributed by atoms with Crippen molar-refractivity contribution >= 4 is 17.7 Å². The van der Waals surface area contributed by atoms with Crippen LogP contribution in [0.15, 0.2) is 17.3 Å². The Balaban J connectivity index is 2.49.